The molecule has 0 bridgehead atoms. The molecule has 1 aliphatic rings. The number of nitrogens with one attached hydrogen (secondary N) is 1. The SMILES string of the molecule is CCNC(=NCCC(=O)N1CCCCC1C)N(C)Cc1cccn1C. The van der Waals surface area contributed by atoms with Gasteiger partial charge in [0.15, 0.2) is 5.96 Å². The van der Waals surface area contributed by atoms with Crippen LogP contribution in [0.1, 0.15) is 45.2 Å². The number of guanidine groups is 1. The number of aromatic nitrogens is 1. The molecule has 1 aromatic heterocycles. The fraction of sp³-hybridized carbons (Fsp3) is 0.684. The number of aliphatic imine (C=N–C) groups is 1. The number of hydrogen-bond donors (Lipinski definition) is 1. The normalized spacial score (nSPS) is 18.3. The minimum Gasteiger partial charge on any atom is -0.357 e. The summed E-state index contributed by atoms with van der Waals surface area (Å²) < 4.78 is 2.11. The van der Waals surface area contributed by atoms with Gasteiger partial charge in [0, 0.05) is 51.5 Å². The standard InChI is InChI=1S/C19H33N5O/c1-5-20-19(23(4)15-17-10-8-13-22(17)3)21-12-11-18(25)24-14-7-6-9-16(24)2/h8,10,13,16H,5-7,9,11-12,14-15H2,1-4H3,(H,20,21). The predicted octanol–water partition coefficient (Wildman–Crippen LogP) is 2.21. The number of likely N-dealkylation sites (tertiary alicyclic amines) is 1. The summed E-state index contributed by atoms with van der Waals surface area (Å²) in [5, 5.41) is 3.32. The third-order valence-corrected chi connectivity index (χ3v) is 4.86. The molecule has 1 aromatic rings. The van der Waals surface area contributed by atoms with Gasteiger partial charge in [-0.15, -0.1) is 0 Å². The topological polar surface area (TPSA) is 52.9 Å². The highest BCUT2D eigenvalue weighted by atomic mass is 16.2. The highest BCUT2D eigenvalue weighted by molar-refractivity contribution is 5.81. The molecule has 1 N–H and O–H groups in total. The van der Waals surface area contributed by atoms with Crippen LogP contribution < -0.4 is 5.32 Å². The quantitative estimate of drug-likeness (QED) is 0.634. The predicted molar refractivity (Wildman–Crippen MR) is 103 cm³/mol. The summed E-state index contributed by atoms with van der Waals surface area (Å²) in [5.41, 5.74) is 1.23. The maximum atomic E-state index is 12.4. The number of hydrogen-bond acceptors (Lipinski definition) is 2. The molecule has 1 atom stereocenters. The van der Waals surface area contributed by atoms with Crippen LogP contribution in [0.2, 0.25) is 0 Å². The Morgan fingerprint density at radius 1 is 1.44 bits per heavy atom. The molecular formula is C19H33N5O. The van der Waals surface area contributed by atoms with E-state index in [0.29, 0.717) is 19.0 Å². The Hall–Kier alpha value is -1.98. The van der Waals surface area contributed by atoms with Crippen LogP contribution in [0.4, 0.5) is 0 Å². The van der Waals surface area contributed by atoms with E-state index in [0.717, 1.165) is 38.4 Å². The van der Waals surface area contributed by atoms with Crippen LogP contribution >= 0.6 is 0 Å². The van der Waals surface area contributed by atoms with E-state index in [2.05, 4.69) is 39.7 Å². The highest BCUT2D eigenvalue weighted by Gasteiger charge is 2.22. The molecule has 6 heteroatoms. The van der Waals surface area contributed by atoms with E-state index in [1.54, 1.807) is 0 Å². The Balaban J connectivity index is 1.90. The van der Waals surface area contributed by atoms with Crippen LogP contribution in [0.5, 0.6) is 0 Å². The van der Waals surface area contributed by atoms with Gasteiger partial charge in [-0.1, -0.05) is 0 Å². The van der Waals surface area contributed by atoms with E-state index in [9.17, 15) is 4.79 Å². The Morgan fingerprint density at radius 3 is 2.88 bits per heavy atom. The third kappa shape index (κ3) is 5.51. The van der Waals surface area contributed by atoms with Crippen molar-refractivity contribution < 1.29 is 4.79 Å². The molecule has 2 heterocycles. The van der Waals surface area contributed by atoms with Crippen molar-refractivity contribution in [1.82, 2.24) is 19.7 Å². The van der Waals surface area contributed by atoms with Crippen LogP contribution in [0, 0.1) is 0 Å². The molecule has 6 nitrogen and oxygen atoms in total. The summed E-state index contributed by atoms with van der Waals surface area (Å²) in [4.78, 5) is 21.2. The van der Waals surface area contributed by atoms with Crippen LogP contribution in [0.3, 0.4) is 0 Å². The summed E-state index contributed by atoms with van der Waals surface area (Å²) in [5.74, 6) is 1.08. The molecule has 0 spiro atoms. The second kappa shape index (κ2) is 9.49. The average Bonchev–Trinajstić information content (AvgIpc) is 2.99. The Labute approximate surface area is 151 Å². The van der Waals surface area contributed by atoms with Gasteiger partial charge >= 0.3 is 0 Å². The number of carbonyl (C=O) groups is 1. The first kappa shape index (κ1) is 19.3. The number of carbonyl (C=O) groups excluding carboxylic acids is 1. The molecule has 1 aliphatic heterocycles. The van der Waals surface area contributed by atoms with Crippen molar-refractivity contribution in [3.05, 3.63) is 24.0 Å². The van der Waals surface area contributed by atoms with E-state index in [-0.39, 0.29) is 5.91 Å². The van der Waals surface area contributed by atoms with E-state index in [1.165, 1.54) is 12.1 Å². The van der Waals surface area contributed by atoms with Gasteiger partial charge in [-0.3, -0.25) is 9.79 Å². The maximum absolute atomic E-state index is 12.4. The smallest absolute Gasteiger partial charge is 0.224 e. The Morgan fingerprint density at radius 2 is 2.24 bits per heavy atom. The summed E-state index contributed by atoms with van der Waals surface area (Å²) in [6.45, 7) is 7.24. The molecule has 1 unspecified atom stereocenters. The lowest BCUT2D eigenvalue weighted by molar-refractivity contribution is -0.134. The van der Waals surface area contributed by atoms with Gasteiger partial charge in [0.25, 0.3) is 0 Å². The van der Waals surface area contributed by atoms with Gasteiger partial charge in [0.1, 0.15) is 0 Å². The molecule has 0 aliphatic carbocycles. The summed E-state index contributed by atoms with van der Waals surface area (Å²) in [6.07, 6.45) is 6.01. The third-order valence-electron chi connectivity index (χ3n) is 4.86. The molecule has 1 fully saturated rings. The molecule has 0 aromatic carbocycles. The zero-order chi connectivity index (χ0) is 18.2. The molecule has 2 rings (SSSR count). The van der Waals surface area contributed by atoms with E-state index in [4.69, 9.17) is 0 Å². The second-order valence-corrected chi connectivity index (χ2v) is 6.88. The molecule has 1 saturated heterocycles. The summed E-state index contributed by atoms with van der Waals surface area (Å²) >= 11 is 0. The zero-order valence-corrected chi connectivity index (χ0v) is 16.2. The van der Waals surface area contributed by atoms with Crippen LogP contribution in [-0.4, -0.2) is 59.0 Å². The van der Waals surface area contributed by atoms with Gasteiger partial charge < -0.3 is 19.7 Å². The van der Waals surface area contributed by atoms with E-state index < -0.39 is 0 Å². The van der Waals surface area contributed by atoms with E-state index >= 15 is 0 Å². The van der Waals surface area contributed by atoms with Gasteiger partial charge in [0.2, 0.25) is 5.91 Å². The van der Waals surface area contributed by atoms with Gasteiger partial charge in [-0.25, -0.2) is 0 Å². The van der Waals surface area contributed by atoms with Gasteiger partial charge in [-0.05, 0) is 45.2 Å². The Kier molecular flexibility index (Phi) is 7.34. The van der Waals surface area contributed by atoms with Crippen molar-refractivity contribution >= 4 is 11.9 Å². The molecule has 140 valence electrons. The van der Waals surface area contributed by atoms with Crippen molar-refractivity contribution in [3.8, 4) is 0 Å². The lowest BCUT2D eigenvalue weighted by atomic mass is 10.0. The number of nitrogens with zero attached hydrogens (tertiary/aromatic N) is 4. The fourth-order valence-corrected chi connectivity index (χ4v) is 3.32. The minimum atomic E-state index is 0.233. The first-order chi connectivity index (χ1) is 12.0. The van der Waals surface area contributed by atoms with Crippen LogP contribution in [-0.2, 0) is 18.4 Å². The molecule has 1 amide bonds. The monoisotopic (exact) mass is 347 g/mol. The lowest BCUT2D eigenvalue weighted by Crippen LogP contribution is -2.42. The van der Waals surface area contributed by atoms with Crippen LogP contribution in [0.25, 0.3) is 0 Å². The number of amides is 1. The highest BCUT2D eigenvalue weighted by Crippen LogP contribution is 2.17. The lowest BCUT2D eigenvalue weighted by Gasteiger charge is -2.33. The first-order valence-electron chi connectivity index (χ1n) is 9.42. The van der Waals surface area contributed by atoms with E-state index in [1.807, 2.05) is 31.3 Å². The number of aryl methyl sites for hydroxylation is 1. The average molecular weight is 348 g/mol. The summed E-state index contributed by atoms with van der Waals surface area (Å²) in [6, 6.07) is 4.53. The molecule has 25 heavy (non-hydrogen) atoms. The van der Waals surface area contributed by atoms with Crippen molar-refractivity contribution in [2.45, 2.75) is 52.1 Å². The van der Waals surface area contributed by atoms with Gasteiger partial charge in [0.05, 0.1) is 13.1 Å². The maximum Gasteiger partial charge on any atom is 0.224 e. The zero-order valence-electron chi connectivity index (χ0n) is 16.2. The molecular weight excluding hydrogens is 314 g/mol. The fourth-order valence-electron chi connectivity index (χ4n) is 3.32. The van der Waals surface area contributed by atoms with Crippen molar-refractivity contribution in [2.24, 2.45) is 12.0 Å². The van der Waals surface area contributed by atoms with Crippen molar-refractivity contribution in [2.75, 3.05) is 26.7 Å². The minimum absolute atomic E-state index is 0.233. The number of rotatable bonds is 6. The van der Waals surface area contributed by atoms with Crippen molar-refractivity contribution in [1.29, 1.82) is 0 Å². The largest absolute Gasteiger partial charge is 0.357 e. The Bertz CT molecular complexity index is 580. The second-order valence-electron chi connectivity index (χ2n) is 6.88. The number of piperidine rings is 1. The summed E-state index contributed by atoms with van der Waals surface area (Å²) in [7, 11) is 4.08. The molecule has 0 saturated carbocycles. The van der Waals surface area contributed by atoms with Gasteiger partial charge in [-0.2, -0.15) is 0 Å². The van der Waals surface area contributed by atoms with Crippen LogP contribution in [0.15, 0.2) is 23.3 Å². The first-order valence-corrected chi connectivity index (χ1v) is 9.42. The van der Waals surface area contributed by atoms with Crippen molar-refractivity contribution in [3.63, 3.8) is 0 Å². The molecule has 0 radical (unpaired) electrons.